The number of rotatable bonds is 6. The van der Waals surface area contributed by atoms with Crippen molar-refractivity contribution in [1.82, 2.24) is 0 Å². The molecule has 2 aromatic rings. The van der Waals surface area contributed by atoms with Gasteiger partial charge in [-0.05, 0) is 30.2 Å². The smallest absolute Gasteiger partial charge is 0.231 e. The molecule has 2 rings (SSSR count). The summed E-state index contributed by atoms with van der Waals surface area (Å²) in [4.78, 5) is 12.6. The summed E-state index contributed by atoms with van der Waals surface area (Å²) in [6, 6.07) is 12.6. The molecule has 0 radical (unpaired) electrons. The van der Waals surface area contributed by atoms with Crippen LogP contribution in [0.25, 0.3) is 0 Å². The highest BCUT2D eigenvalue weighted by atomic mass is 32.2. The highest BCUT2D eigenvalue weighted by molar-refractivity contribution is 7.90. The fraction of sp³-hybridized carbons (Fsp3) is 0.278. The summed E-state index contributed by atoms with van der Waals surface area (Å²) in [5, 5.41) is 2.53. The molecule has 0 spiro atoms. The third kappa shape index (κ3) is 4.41. The van der Waals surface area contributed by atoms with Crippen LogP contribution in [0.1, 0.15) is 31.2 Å². The van der Waals surface area contributed by atoms with Crippen LogP contribution in [-0.2, 0) is 14.6 Å². The van der Waals surface area contributed by atoms with Gasteiger partial charge in [-0.15, -0.1) is 0 Å². The van der Waals surface area contributed by atoms with Crippen LogP contribution in [0.2, 0.25) is 0 Å². The van der Waals surface area contributed by atoms with Crippen molar-refractivity contribution in [3.05, 3.63) is 59.9 Å². The van der Waals surface area contributed by atoms with E-state index in [1.807, 2.05) is 37.3 Å². The van der Waals surface area contributed by atoms with Crippen LogP contribution in [0.4, 0.5) is 10.1 Å². The number of benzene rings is 2. The first kappa shape index (κ1) is 18.1. The highest BCUT2D eigenvalue weighted by Gasteiger charge is 2.21. The number of hydrogen-bond acceptors (Lipinski definition) is 3. The normalized spacial score (nSPS) is 12.6. The van der Waals surface area contributed by atoms with E-state index in [9.17, 15) is 17.6 Å². The lowest BCUT2D eigenvalue weighted by molar-refractivity contribution is -0.117. The topological polar surface area (TPSA) is 63.2 Å². The molecule has 0 bridgehead atoms. The van der Waals surface area contributed by atoms with E-state index >= 15 is 0 Å². The largest absolute Gasteiger partial charge is 0.323 e. The molecule has 0 heterocycles. The molecule has 0 aliphatic carbocycles. The number of carbonyl (C=O) groups is 1. The molecule has 2 aromatic carbocycles. The minimum absolute atomic E-state index is 0.0362. The van der Waals surface area contributed by atoms with Crippen LogP contribution >= 0.6 is 0 Å². The summed E-state index contributed by atoms with van der Waals surface area (Å²) in [5.74, 6) is -1.44. The van der Waals surface area contributed by atoms with Crippen LogP contribution < -0.4 is 5.32 Å². The summed E-state index contributed by atoms with van der Waals surface area (Å²) in [6.45, 7) is 1.97. The second-order valence-electron chi connectivity index (χ2n) is 5.66. The van der Waals surface area contributed by atoms with E-state index in [2.05, 4.69) is 5.32 Å². The Morgan fingerprint density at radius 3 is 2.42 bits per heavy atom. The monoisotopic (exact) mass is 349 g/mol. The van der Waals surface area contributed by atoms with E-state index < -0.39 is 21.6 Å². The van der Waals surface area contributed by atoms with Gasteiger partial charge in [-0.2, -0.15) is 0 Å². The van der Waals surface area contributed by atoms with Crippen molar-refractivity contribution in [3.8, 4) is 0 Å². The molecule has 4 nitrogen and oxygen atoms in total. The van der Waals surface area contributed by atoms with Crippen molar-refractivity contribution in [1.29, 1.82) is 0 Å². The van der Waals surface area contributed by atoms with Gasteiger partial charge in [0, 0.05) is 6.26 Å². The Bertz CT molecular complexity index is 819. The Labute approximate surface area is 141 Å². The van der Waals surface area contributed by atoms with Gasteiger partial charge in [0.05, 0.1) is 16.5 Å². The second-order valence-corrected chi connectivity index (χ2v) is 7.67. The minimum atomic E-state index is -3.48. The zero-order chi connectivity index (χ0) is 17.7. The van der Waals surface area contributed by atoms with Crippen molar-refractivity contribution < 1.29 is 17.6 Å². The molecule has 0 aliphatic rings. The van der Waals surface area contributed by atoms with Gasteiger partial charge in [-0.3, -0.25) is 4.79 Å². The predicted octanol–water partition coefficient (Wildman–Crippen LogP) is 3.75. The fourth-order valence-electron chi connectivity index (χ4n) is 2.47. The Morgan fingerprint density at radius 1 is 1.17 bits per heavy atom. The molecule has 128 valence electrons. The van der Waals surface area contributed by atoms with Crippen molar-refractivity contribution in [2.45, 2.75) is 30.6 Å². The van der Waals surface area contributed by atoms with Crippen molar-refractivity contribution in [3.63, 3.8) is 0 Å². The molecule has 0 saturated heterocycles. The van der Waals surface area contributed by atoms with Crippen LogP contribution in [0.15, 0.2) is 53.4 Å². The molecule has 0 aliphatic heterocycles. The maximum atomic E-state index is 14.0. The van der Waals surface area contributed by atoms with Crippen LogP contribution in [-0.4, -0.2) is 20.6 Å². The average molecular weight is 349 g/mol. The third-order valence-corrected chi connectivity index (χ3v) is 4.83. The van der Waals surface area contributed by atoms with E-state index in [-0.39, 0.29) is 16.5 Å². The van der Waals surface area contributed by atoms with E-state index in [0.717, 1.165) is 30.4 Å². The standard InChI is InChI=1S/C18H20FNO3S/c1-3-7-15(13-8-5-4-6-9-13)18(21)20-17-12-14(24(2,22)23)10-11-16(17)19/h4-6,8-12,15H,3,7H2,1-2H3,(H,20,21). The molecular weight excluding hydrogens is 329 g/mol. The third-order valence-electron chi connectivity index (χ3n) is 3.72. The number of nitrogens with one attached hydrogen (secondary N) is 1. The summed E-state index contributed by atoms with van der Waals surface area (Å²) in [6.07, 6.45) is 2.44. The Hall–Kier alpha value is -2.21. The maximum Gasteiger partial charge on any atom is 0.231 e. The van der Waals surface area contributed by atoms with E-state index in [4.69, 9.17) is 0 Å². The first-order valence-electron chi connectivity index (χ1n) is 7.68. The van der Waals surface area contributed by atoms with Crippen LogP contribution in [0.5, 0.6) is 0 Å². The van der Waals surface area contributed by atoms with Crippen LogP contribution in [0, 0.1) is 5.82 Å². The van der Waals surface area contributed by atoms with Gasteiger partial charge < -0.3 is 5.32 Å². The van der Waals surface area contributed by atoms with Gasteiger partial charge in [-0.1, -0.05) is 43.7 Å². The van der Waals surface area contributed by atoms with Crippen molar-refractivity contribution >= 4 is 21.4 Å². The van der Waals surface area contributed by atoms with Gasteiger partial charge >= 0.3 is 0 Å². The van der Waals surface area contributed by atoms with Crippen LogP contribution in [0.3, 0.4) is 0 Å². The minimum Gasteiger partial charge on any atom is -0.323 e. The number of hydrogen-bond donors (Lipinski definition) is 1. The maximum absolute atomic E-state index is 14.0. The first-order chi connectivity index (χ1) is 11.3. The fourth-order valence-corrected chi connectivity index (χ4v) is 3.12. The lowest BCUT2D eigenvalue weighted by Crippen LogP contribution is -2.22. The highest BCUT2D eigenvalue weighted by Crippen LogP contribution is 2.25. The van der Waals surface area contributed by atoms with Gasteiger partial charge in [0.2, 0.25) is 5.91 Å². The molecule has 0 saturated carbocycles. The molecule has 1 N–H and O–H groups in total. The lowest BCUT2D eigenvalue weighted by Gasteiger charge is -2.17. The number of halogens is 1. The Balaban J connectivity index is 2.30. The average Bonchev–Trinajstić information content (AvgIpc) is 2.54. The second kappa shape index (κ2) is 7.57. The molecule has 1 atom stereocenters. The summed E-state index contributed by atoms with van der Waals surface area (Å²) < 4.78 is 37.2. The number of anilines is 1. The molecule has 6 heteroatoms. The van der Waals surface area contributed by atoms with E-state index in [1.165, 1.54) is 6.07 Å². The molecular formula is C18H20FNO3S. The van der Waals surface area contributed by atoms with Crippen molar-refractivity contribution in [2.75, 3.05) is 11.6 Å². The Morgan fingerprint density at radius 2 is 1.83 bits per heavy atom. The molecule has 0 fully saturated rings. The van der Waals surface area contributed by atoms with Gasteiger partial charge in [-0.25, -0.2) is 12.8 Å². The van der Waals surface area contributed by atoms with E-state index in [1.54, 1.807) is 0 Å². The van der Waals surface area contributed by atoms with Gasteiger partial charge in [0.1, 0.15) is 5.82 Å². The zero-order valence-corrected chi connectivity index (χ0v) is 14.4. The first-order valence-corrected chi connectivity index (χ1v) is 9.57. The van der Waals surface area contributed by atoms with Gasteiger partial charge in [0.25, 0.3) is 0 Å². The van der Waals surface area contributed by atoms with Crippen molar-refractivity contribution in [2.24, 2.45) is 0 Å². The lowest BCUT2D eigenvalue weighted by atomic mass is 9.93. The number of amides is 1. The Kier molecular flexibility index (Phi) is 5.72. The molecule has 1 unspecified atom stereocenters. The quantitative estimate of drug-likeness (QED) is 0.808. The number of sulfone groups is 1. The van der Waals surface area contributed by atoms with Gasteiger partial charge in [0.15, 0.2) is 9.84 Å². The molecule has 24 heavy (non-hydrogen) atoms. The molecule has 0 aromatic heterocycles. The summed E-state index contributed by atoms with van der Waals surface area (Å²) in [5.41, 5.74) is 0.719. The predicted molar refractivity (Wildman–Crippen MR) is 92.2 cm³/mol. The summed E-state index contributed by atoms with van der Waals surface area (Å²) in [7, 11) is -3.48. The van der Waals surface area contributed by atoms with E-state index in [0.29, 0.717) is 6.42 Å². The number of carbonyl (C=O) groups excluding carboxylic acids is 1. The molecule has 1 amide bonds. The SMILES string of the molecule is CCCC(C(=O)Nc1cc(S(C)(=O)=O)ccc1F)c1ccccc1. The summed E-state index contributed by atoms with van der Waals surface area (Å²) >= 11 is 0. The zero-order valence-electron chi connectivity index (χ0n) is 13.6.